The first kappa shape index (κ1) is 26.9. The van der Waals surface area contributed by atoms with Gasteiger partial charge >= 0.3 is 0 Å². The van der Waals surface area contributed by atoms with E-state index >= 15 is 0 Å². The van der Waals surface area contributed by atoms with Gasteiger partial charge in [0.05, 0.1) is 18.7 Å². The average Bonchev–Trinajstić information content (AvgIpc) is 3.22. The van der Waals surface area contributed by atoms with Crippen molar-refractivity contribution < 1.29 is 24.2 Å². The summed E-state index contributed by atoms with van der Waals surface area (Å²) in [6.07, 6.45) is 0. The van der Waals surface area contributed by atoms with E-state index in [0.29, 0.717) is 36.8 Å². The van der Waals surface area contributed by atoms with E-state index in [0.717, 1.165) is 24.2 Å². The molecule has 1 aliphatic heterocycles. The zero-order valence-corrected chi connectivity index (χ0v) is 22.1. The molecule has 1 saturated heterocycles. The molecule has 0 saturated carbocycles. The molecule has 3 aromatic carbocycles. The Bertz CT molecular complexity index is 1270. The molecule has 1 fully saturated rings. The number of carbonyl (C=O) groups is 2. The highest BCUT2D eigenvalue weighted by Crippen LogP contribution is 2.40. The van der Waals surface area contributed by atoms with Gasteiger partial charge < -0.3 is 24.4 Å². The summed E-state index contributed by atoms with van der Waals surface area (Å²) in [4.78, 5) is 30.3. The molecule has 3 aromatic rings. The van der Waals surface area contributed by atoms with E-state index in [1.54, 1.807) is 36.3 Å². The first-order valence-electron chi connectivity index (χ1n) is 12.9. The number of aliphatic hydroxyl groups excluding tert-OH is 1. The normalized spacial score (nSPS) is 16.7. The van der Waals surface area contributed by atoms with Gasteiger partial charge in [-0.15, -0.1) is 0 Å². The maximum absolute atomic E-state index is 13.3. The second-order valence-corrected chi connectivity index (χ2v) is 9.09. The predicted molar refractivity (Wildman–Crippen MR) is 147 cm³/mol. The number of amides is 1. The highest BCUT2D eigenvalue weighted by Gasteiger charge is 2.46. The first-order valence-corrected chi connectivity index (χ1v) is 12.9. The van der Waals surface area contributed by atoms with Gasteiger partial charge in [0.2, 0.25) is 0 Å². The minimum absolute atomic E-state index is 0.0812. The Balaban J connectivity index is 1.67. The molecule has 1 heterocycles. The summed E-state index contributed by atoms with van der Waals surface area (Å²) < 4.78 is 11.1. The number of Topliss-reactive ketones (excluding diaryl/α,β-unsaturated/α-hetero) is 1. The molecule has 0 radical (unpaired) electrons. The predicted octanol–water partition coefficient (Wildman–Crippen LogP) is 5.04. The lowest BCUT2D eigenvalue weighted by molar-refractivity contribution is -0.140. The molecule has 1 aliphatic rings. The Morgan fingerprint density at radius 2 is 1.53 bits per heavy atom. The molecule has 4 rings (SSSR count). The lowest BCUT2D eigenvalue weighted by Crippen LogP contribution is -2.38. The lowest BCUT2D eigenvalue weighted by atomic mass is 9.95. The Morgan fingerprint density at radius 3 is 2.13 bits per heavy atom. The number of benzene rings is 3. The highest BCUT2D eigenvalue weighted by molar-refractivity contribution is 6.46. The third-order valence-electron chi connectivity index (χ3n) is 6.90. The van der Waals surface area contributed by atoms with Gasteiger partial charge in [0.25, 0.3) is 11.7 Å². The first-order chi connectivity index (χ1) is 18.5. The number of ketones is 1. The fourth-order valence-corrected chi connectivity index (χ4v) is 4.64. The SMILES string of the molecule is CCN(CC)CCN1C(=O)C(=O)/C(=C(/O)c2ccc(OC)cc2)C1c1ccc(OCc2ccccc2)cc1. The van der Waals surface area contributed by atoms with E-state index in [2.05, 4.69) is 18.7 Å². The van der Waals surface area contributed by atoms with Crippen LogP contribution in [0.2, 0.25) is 0 Å². The van der Waals surface area contributed by atoms with E-state index in [1.165, 1.54) is 0 Å². The maximum atomic E-state index is 13.3. The molecule has 198 valence electrons. The third-order valence-corrected chi connectivity index (χ3v) is 6.90. The summed E-state index contributed by atoms with van der Waals surface area (Å²) >= 11 is 0. The van der Waals surface area contributed by atoms with Gasteiger partial charge in [0.1, 0.15) is 23.9 Å². The number of rotatable bonds is 11. The number of carbonyl (C=O) groups excluding carboxylic acids is 2. The van der Waals surface area contributed by atoms with Crippen LogP contribution in [0, 0.1) is 0 Å². The number of hydrogen-bond acceptors (Lipinski definition) is 6. The van der Waals surface area contributed by atoms with E-state index in [9.17, 15) is 14.7 Å². The Kier molecular flexibility index (Phi) is 8.81. The highest BCUT2D eigenvalue weighted by atomic mass is 16.5. The second kappa shape index (κ2) is 12.4. The molecule has 0 spiro atoms. The number of aliphatic hydroxyl groups is 1. The van der Waals surface area contributed by atoms with Crippen LogP contribution in [0.4, 0.5) is 0 Å². The standard InChI is InChI=1S/C31H34N2O5/c1-4-32(5-2)19-20-33-28(23-11-17-26(18-12-23)38-21-22-9-7-6-8-10-22)27(30(35)31(33)36)29(34)24-13-15-25(37-3)16-14-24/h6-18,28,34H,4-5,19-21H2,1-3H3/b29-27+. The van der Waals surface area contributed by atoms with E-state index in [1.807, 2.05) is 54.6 Å². The zero-order valence-electron chi connectivity index (χ0n) is 22.1. The van der Waals surface area contributed by atoms with Crippen molar-refractivity contribution in [2.45, 2.75) is 26.5 Å². The fourth-order valence-electron chi connectivity index (χ4n) is 4.64. The molecule has 1 unspecified atom stereocenters. The van der Waals surface area contributed by atoms with Crippen LogP contribution in [0.3, 0.4) is 0 Å². The van der Waals surface area contributed by atoms with Gasteiger partial charge in [-0.1, -0.05) is 56.3 Å². The largest absolute Gasteiger partial charge is 0.507 e. The van der Waals surface area contributed by atoms with Crippen molar-refractivity contribution in [2.24, 2.45) is 0 Å². The summed E-state index contributed by atoms with van der Waals surface area (Å²) in [5.41, 5.74) is 2.31. The molecule has 1 N–H and O–H groups in total. The molecule has 1 atom stereocenters. The van der Waals surface area contributed by atoms with Crippen LogP contribution in [-0.4, -0.2) is 59.9 Å². The lowest BCUT2D eigenvalue weighted by Gasteiger charge is -2.28. The maximum Gasteiger partial charge on any atom is 0.295 e. The molecule has 0 bridgehead atoms. The molecule has 7 heteroatoms. The quantitative estimate of drug-likeness (QED) is 0.220. The van der Waals surface area contributed by atoms with Crippen LogP contribution in [0.15, 0.2) is 84.4 Å². The van der Waals surface area contributed by atoms with Crippen LogP contribution in [0.25, 0.3) is 5.76 Å². The summed E-state index contributed by atoms with van der Waals surface area (Å²) in [7, 11) is 1.56. The van der Waals surface area contributed by atoms with Gasteiger partial charge in [-0.05, 0) is 60.6 Å². The van der Waals surface area contributed by atoms with Crippen LogP contribution in [-0.2, 0) is 16.2 Å². The number of likely N-dealkylation sites (tertiary alicyclic amines) is 1. The molecular weight excluding hydrogens is 480 g/mol. The third kappa shape index (κ3) is 5.89. The average molecular weight is 515 g/mol. The van der Waals surface area contributed by atoms with Gasteiger partial charge in [-0.3, -0.25) is 9.59 Å². The number of nitrogens with zero attached hydrogens (tertiary/aromatic N) is 2. The Labute approximate surface area is 223 Å². The molecule has 38 heavy (non-hydrogen) atoms. The van der Waals surface area contributed by atoms with E-state index < -0.39 is 17.7 Å². The molecular formula is C31H34N2O5. The summed E-state index contributed by atoms with van der Waals surface area (Å²) in [6.45, 7) is 7.22. The van der Waals surface area contributed by atoms with Crippen molar-refractivity contribution in [1.29, 1.82) is 0 Å². The molecule has 0 aliphatic carbocycles. The van der Waals surface area contributed by atoms with Crippen molar-refractivity contribution in [3.8, 4) is 11.5 Å². The van der Waals surface area contributed by atoms with Crippen molar-refractivity contribution in [2.75, 3.05) is 33.3 Å². The van der Waals surface area contributed by atoms with E-state index in [4.69, 9.17) is 9.47 Å². The Morgan fingerprint density at radius 1 is 0.895 bits per heavy atom. The summed E-state index contributed by atoms with van der Waals surface area (Å²) in [5.74, 6) is -0.198. The summed E-state index contributed by atoms with van der Waals surface area (Å²) in [6, 6.07) is 23.3. The number of ether oxygens (including phenoxy) is 2. The topological polar surface area (TPSA) is 79.3 Å². The van der Waals surface area contributed by atoms with Gasteiger partial charge in [0.15, 0.2) is 0 Å². The van der Waals surface area contributed by atoms with Crippen LogP contribution in [0.1, 0.15) is 36.6 Å². The summed E-state index contributed by atoms with van der Waals surface area (Å²) in [5, 5.41) is 11.3. The van der Waals surface area contributed by atoms with Gasteiger partial charge in [-0.25, -0.2) is 0 Å². The molecule has 1 amide bonds. The van der Waals surface area contributed by atoms with Crippen molar-refractivity contribution in [3.63, 3.8) is 0 Å². The monoisotopic (exact) mass is 514 g/mol. The zero-order chi connectivity index (χ0) is 27.1. The number of likely N-dealkylation sites (N-methyl/N-ethyl adjacent to an activating group) is 1. The fraction of sp³-hybridized carbons (Fsp3) is 0.290. The molecule has 0 aromatic heterocycles. The Hall–Kier alpha value is -4.10. The number of methoxy groups -OCH3 is 1. The van der Waals surface area contributed by atoms with Crippen molar-refractivity contribution >= 4 is 17.4 Å². The van der Waals surface area contributed by atoms with Gasteiger partial charge in [-0.2, -0.15) is 0 Å². The smallest absolute Gasteiger partial charge is 0.295 e. The van der Waals surface area contributed by atoms with Crippen LogP contribution in [0.5, 0.6) is 11.5 Å². The van der Waals surface area contributed by atoms with E-state index in [-0.39, 0.29) is 11.3 Å². The minimum Gasteiger partial charge on any atom is -0.507 e. The van der Waals surface area contributed by atoms with Crippen LogP contribution >= 0.6 is 0 Å². The van der Waals surface area contributed by atoms with Crippen LogP contribution < -0.4 is 9.47 Å². The van der Waals surface area contributed by atoms with Gasteiger partial charge in [0, 0.05) is 18.7 Å². The molecule has 7 nitrogen and oxygen atoms in total. The number of hydrogen-bond donors (Lipinski definition) is 1. The minimum atomic E-state index is -0.712. The van der Waals surface area contributed by atoms with Crippen molar-refractivity contribution in [1.82, 2.24) is 9.80 Å². The van der Waals surface area contributed by atoms with Crippen molar-refractivity contribution in [3.05, 3.63) is 101 Å². The second-order valence-electron chi connectivity index (χ2n) is 9.09.